The van der Waals surface area contributed by atoms with Gasteiger partial charge in [-0.2, -0.15) is 10.1 Å². The Bertz CT molecular complexity index is 1200. The summed E-state index contributed by atoms with van der Waals surface area (Å²) >= 11 is 0. The molecule has 1 aliphatic rings. The number of aromatic amines is 1. The van der Waals surface area contributed by atoms with Gasteiger partial charge in [-0.15, -0.1) is 0 Å². The van der Waals surface area contributed by atoms with Crippen molar-refractivity contribution in [1.29, 1.82) is 0 Å². The quantitative estimate of drug-likeness (QED) is 0.293. The Kier molecular flexibility index (Phi) is 6.14. The smallest absolute Gasteiger partial charge is 0.224 e. The normalized spacial score (nSPS) is 19.3. The Balaban J connectivity index is 1.35. The van der Waals surface area contributed by atoms with Gasteiger partial charge in [0.2, 0.25) is 5.95 Å². The van der Waals surface area contributed by atoms with Gasteiger partial charge in [0.25, 0.3) is 0 Å². The van der Waals surface area contributed by atoms with Crippen LogP contribution < -0.4 is 22.1 Å². The van der Waals surface area contributed by atoms with Crippen LogP contribution in [-0.2, 0) is 0 Å². The number of nitrogens with one attached hydrogen (secondary N) is 3. The van der Waals surface area contributed by atoms with E-state index in [4.69, 9.17) is 16.5 Å². The number of hydrogen-bond donors (Lipinski definition) is 5. The second-order valence-corrected chi connectivity index (χ2v) is 8.54. The highest BCUT2D eigenvalue weighted by Gasteiger charge is 2.20. The van der Waals surface area contributed by atoms with Crippen LogP contribution in [0.4, 0.5) is 11.8 Å². The monoisotopic (exact) mass is 443 g/mol. The van der Waals surface area contributed by atoms with Gasteiger partial charge in [-0.25, -0.2) is 9.97 Å². The van der Waals surface area contributed by atoms with E-state index in [0.29, 0.717) is 35.9 Å². The van der Waals surface area contributed by atoms with E-state index in [1.165, 1.54) is 0 Å². The zero-order valence-corrected chi connectivity index (χ0v) is 18.4. The van der Waals surface area contributed by atoms with Crippen LogP contribution in [0.2, 0.25) is 0 Å². The Morgan fingerprint density at radius 3 is 2.61 bits per heavy atom. The van der Waals surface area contributed by atoms with Crippen molar-refractivity contribution in [3.63, 3.8) is 0 Å². The number of anilines is 2. The molecule has 0 bridgehead atoms. The van der Waals surface area contributed by atoms with E-state index in [1.54, 1.807) is 6.20 Å². The van der Waals surface area contributed by atoms with Crippen molar-refractivity contribution in [2.45, 2.75) is 43.8 Å². The van der Waals surface area contributed by atoms with Crippen LogP contribution in [0.5, 0.6) is 0 Å². The zero-order chi connectivity index (χ0) is 22.6. The van der Waals surface area contributed by atoms with Gasteiger partial charge in [0.15, 0.2) is 5.65 Å². The second-order valence-electron chi connectivity index (χ2n) is 8.54. The van der Waals surface area contributed by atoms with Gasteiger partial charge < -0.3 is 22.1 Å². The van der Waals surface area contributed by atoms with E-state index in [1.807, 2.05) is 36.4 Å². The van der Waals surface area contributed by atoms with Gasteiger partial charge >= 0.3 is 0 Å². The van der Waals surface area contributed by atoms with Gasteiger partial charge in [0, 0.05) is 24.8 Å². The minimum Gasteiger partial charge on any atom is -0.362 e. The maximum atomic E-state index is 6.01. The van der Waals surface area contributed by atoms with E-state index in [2.05, 4.69) is 42.9 Å². The Hall–Kier alpha value is -3.56. The van der Waals surface area contributed by atoms with Crippen LogP contribution in [0.1, 0.15) is 37.3 Å². The first kappa shape index (κ1) is 21.3. The fourth-order valence-corrected chi connectivity index (χ4v) is 4.31. The highest BCUT2D eigenvalue weighted by Crippen LogP contribution is 2.27. The third-order valence-electron chi connectivity index (χ3n) is 6.17. The Morgan fingerprint density at radius 1 is 1.00 bits per heavy atom. The lowest BCUT2D eigenvalue weighted by atomic mass is 9.92. The van der Waals surface area contributed by atoms with E-state index in [9.17, 15) is 0 Å². The van der Waals surface area contributed by atoms with Crippen molar-refractivity contribution in [1.82, 2.24) is 25.1 Å². The molecule has 9 nitrogen and oxygen atoms in total. The Labute approximate surface area is 192 Å². The molecule has 170 valence electrons. The molecule has 1 aromatic carbocycles. The summed E-state index contributed by atoms with van der Waals surface area (Å²) in [5.41, 5.74) is 15.3. The second kappa shape index (κ2) is 9.51. The van der Waals surface area contributed by atoms with Crippen LogP contribution in [0, 0.1) is 0 Å². The van der Waals surface area contributed by atoms with Gasteiger partial charge in [-0.05, 0) is 43.4 Å². The number of benzene rings is 1. The molecule has 9 heteroatoms. The number of hydrogen-bond acceptors (Lipinski definition) is 8. The van der Waals surface area contributed by atoms with E-state index in [-0.39, 0.29) is 6.04 Å². The average Bonchev–Trinajstić information content (AvgIpc) is 3.28. The maximum absolute atomic E-state index is 6.01. The summed E-state index contributed by atoms with van der Waals surface area (Å²) in [6.45, 7) is 0.456. The van der Waals surface area contributed by atoms with Gasteiger partial charge in [0.05, 0.1) is 17.1 Å². The number of H-pyrrole nitrogens is 1. The minimum absolute atomic E-state index is 0.0313. The third-order valence-corrected chi connectivity index (χ3v) is 6.17. The van der Waals surface area contributed by atoms with Crippen LogP contribution in [0.15, 0.2) is 54.7 Å². The average molecular weight is 444 g/mol. The van der Waals surface area contributed by atoms with Gasteiger partial charge in [0.1, 0.15) is 11.5 Å². The molecule has 1 aliphatic carbocycles. The van der Waals surface area contributed by atoms with Crippen molar-refractivity contribution in [2.24, 2.45) is 11.5 Å². The number of nitrogens with two attached hydrogens (primary N) is 2. The molecule has 33 heavy (non-hydrogen) atoms. The van der Waals surface area contributed by atoms with Crippen molar-refractivity contribution in [3.05, 3.63) is 60.3 Å². The summed E-state index contributed by atoms with van der Waals surface area (Å²) in [5, 5.41) is 15.2. The zero-order valence-electron chi connectivity index (χ0n) is 18.4. The summed E-state index contributed by atoms with van der Waals surface area (Å²) in [5.74, 6) is 1.34. The van der Waals surface area contributed by atoms with Crippen molar-refractivity contribution in [3.8, 4) is 11.4 Å². The summed E-state index contributed by atoms with van der Waals surface area (Å²) in [4.78, 5) is 13.9. The molecule has 3 heterocycles. The largest absolute Gasteiger partial charge is 0.362 e. The highest BCUT2D eigenvalue weighted by molar-refractivity contribution is 5.89. The van der Waals surface area contributed by atoms with Crippen LogP contribution in [0.25, 0.3) is 22.4 Å². The molecule has 1 fully saturated rings. The van der Waals surface area contributed by atoms with Crippen LogP contribution in [0.3, 0.4) is 0 Å². The molecular weight excluding hydrogens is 414 g/mol. The number of fused-ring (bicyclic) bond motifs is 1. The molecule has 1 atom stereocenters. The predicted octanol–water partition coefficient (Wildman–Crippen LogP) is 3.21. The first-order chi connectivity index (χ1) is 16.2. The lowest BCUT2D eigenvalue weighted by Crippen LogP contribution is -2.33. The first-order valence-electron chi connectivity index (χ1n) is 11.4. The highest BCUT2D eigenvalue weighted by atomic mass is 15.2. The molecule has 5 rings (SSSR count). The van der Waals surface area contributed by atoms with E-state index >= 15 is 0 Å². The van der Waals surface area contributed by atoms with E-state index in [0.717, 1.165) is 48.1 Å². The maximum Gasteiger partial charge on any atom is 0.224 e. The molecule has 1 saturated carbocycles. The molecule has 7 N–H and O–H groups in total. The van der Waals surface area contributed by atoms with Crippen LogP contribution in [-0.4, -0.2) is 43.8 Å². The van der Waals surface area contributed by atoms with Crippen molar-refractivity contribution >= 4 is 22.8 Å². The number of pyridine rings is 1. The first-order valence-corrected chi connectivity index (χ1v) is 11.4. The Morgan fingerprint density at radius 2 is 1.82 bits per heavy atom. The van der Waals surface area contributed by atoms with Crippen LogP contribution >= 0.6 is 0 Å². The SMILES string of the molecule is NCC(Nc1cccc(-c2n[nH]c3nc(N[C@H]4CC[C@H](N)CC4)ncc23)n1)c1ccccc1. The summed E-state index contributed by atoms with van der Waals surface area (Å²) in [6, 6.07) is 16.6. The van der Waals surface area contributed by atoms with Gasteiger partial charge in [-0.3, -0.25) is 5.10 Å². The fourth-order valence-electron chi connectivity index (χ4n) is 4.31. The topological polar surface area (TPSA) is 143 Å². The molecule has 0 saturated heterocycles. The predicted molar refractivity (Wildman–Crippen MR) is 131 cm³/mol. The van der Waals surface area contributed by atoms with Crippen molar-refractivity contribution in [2.75, 3.05) is 17.2 Å². The summed E-state index contributed by atoms with van der Waals surface area (Å²) in [6.07, 6.45) is 5.92. The molecule has 1 unspecified atom stereocenters. The van der Waals surface area contributed by atoms with Gasteiger partial charge in [-0.1, -0.05) is 36.4 Å². The molecule has 0 spiro atoms. The number of nitrogens with zero attached hydrogens (tertiary/aromatic N) is 4. The van der Waals surface area contributed by atoms with E-state index < -0.39 is 0 Å². The number of rotatable bonds is 7. The minimum atomic E-state index is -0.0313. The summed E-state index contributed by atoms with van der Waals surface area (Å²) in [7, 11) is 0. The molecular formula is C24H29N9. The molecule has 3 aromatic heterocycles. The van der Waals surface area contributed by atoms with Crippen molar-refractivity contribution < 1.29 is 0 Å². The lowest BCUT2D eigenvalue weighted by Gasteiger charge is -2.26. The molecule has 4 aromatic rings. The third kappa shape index (κ3) is 4.79. The standard InChI is InChI=1S/C24H29N9/c25-13-20(15-5-2-1-3-6-15)30-21-8-4-7-19(29-21)22-18-14-27-24(31-23(18)33-32-22)28-17-11-9-16(26)10-12-17/h1-8,14,16-17,20H,9-13,25-26H2,(H,29,30)(H2,27,28,31,32,33)/t16-,17-,20?. The molecule has 0 radical (unpaired) electrons. The lowest BCUT2D eigenvalue weighted by molar-refractivity contribution is 0.410. The summed E-state index contributed by atoms with van der Waals surface area (Å²) < 4.78 is 0. The fraction of sp³-hybridized carbons (Fsp3) is 0.333. The number of aromatic nitrogens is 5. The molecule has 0 amide bonds. The molecule has 0 aliphatic heterocycles.